The molecule has 0 radical (unpaired) electrons. The van der Waals surface area contributed by atoms with Crippen molar-refractivity contribution >= 4 is 33.5 Å². The number of nitrogen functional groups attached to an aromatic ring is 1. The summed E-state index contributed by atoms with van der Waals surface area (Å²) in [7, 11) is 1.49. The molecule has 0 aliphatic heterocycles. The number of nitrogens with two attached hydrogens (primary N) is 1. The summed E-state index contributed by atoms with van der Waals surface area (Å²) in [4.78, 5) is 15.2. The highest BCUT2D eigenvalue weighted by Gasteiger charge is 2.13. The lowest BCUT2D eigenvalue weighted by Gasteiger charge is -2.17. The first kappa shape index (κ1) is 13.5. The van der Waals surface area contributed by atoms with Crippen LogP contribution in [0, 0.1) is 0 Å². The molecule has 0 spiro atoms. The molecule has 0 amide bonds. The second-order valence-corrected chi connectivity index (χ2v) is 4.71. The van der Waals surface area contributed by atoms with Crippen molar-refractivity contribution in [3.05, 3.63) is 21.2 Å². The fraction of sp³-hybridized carbons (Fsp3) is 0.500. The minimum Gasteiger partial charge on any atom is -0.386 e. The number of anilines is 1. The van der Waals surface area contributed by atoms with E-state index in [1.54, 1.807) is 0 Å². The number of rotatable bonds is 5. The molecule has 16 heavy (non-hydrogen) atoms. The third-order valence-electron chi connectivity index (χ3n) is 1.87. The summed E-state index contributed by atoms with van der Waals surface area (Å²) in [5.41, 5.74) is 4.99. The van der Waals surface area contributed by atoms with Gasteiger partial charge in [0.25, 0.3) is 0 Å². The summed E-state index contributed by atoms with van der Waals surface area (Å²) in [6.45, 7) is 0. The van der Waals surface area contributed by atoms with Gasteiger partial charge in [-0.2, -0.15) is 4.98 Å². The molecule has 0 saturated carbocycles. The van der Waals surface area contributed by atoms with Crippen molar-refractivity contribution < 1.29 is 9.84 Å². The summed E-state index contributed by atoms with van der Waals surface area (Å²) in [5, 5.41) is 8.70. The first-order chi connectivity index (χ1) is 7.60. The third kappa shape index (κ3) is 3.21. The van der Waals surface area contributed by atoms with Crippen LogP contribution in [-0.4, -0.2) is 33.5 Å². The lowest BCUT2D eigenvalue weighted by Crippen LogP contribution is -2.29. The zero-order valence-electron chi connectivity index (χ0n) is 8.59. The van der Waals surface area contributed by atoms with Gasteiger partial charge in [-0.15, -0.1) is 11.8 Å². The molecule has 1 aromatic rings. The zero-order chi connectivity index (χ0) is 12.1. The van der Waals surface area contributed by atoms with Crippen molar-refractivity contribution in [3.63, 3.8) is 0 Å². The highest BCUT2D eigenvalue weighted by molar-refractivity contribution is 9.10. The topological polar surface area (TPSA) is 90.4 Å². The van der Waals surface area contributed by atoms with Crippen molar-refractivity contribution in [2.75, 3.05) is 24.5 Å². The van der Waals surface area contributed by atoms with Crippen LogP contribution >= 0.6 is 27.7 Å². The van der Waals surface area contributed by atoms with Crippen LogP contribution in [0.4, 0.5) is 5.82 Å². The highest BCUT2D eigenvalue weighted by Crippen LogP contribution is 2.18. The van der Waals surface area contributed by atoms with E-state index in [0.29, 0.717) is 10.2 Å². The maximum atomic E-state index is 11.6. The van der Waals surface area contributed by atoms with Crippen molar-refractivity contribution in [1.82, 2.24) is 9.55 Å². The Labute approximate surface area is 105 Å². The van der Waals surface area contributed by atoms with Crippen LogP contribution in [0.3, 0.4) is 0 Å². The Hall–Kier alpha value is -0.570. The molecular formula is C8H12BrN3O3S. The van der Waals surface area contributed by atoms with E-state index in [2.05, 4.69) is 20.9 Å². The van der Waals surface area contributed by atoms with Gasteiger partial charge in [0.15, 0.2) is 0 Å². The van der Waals surface area contributed by atoms with E-state index in [0.717, 1.165) is 0 Å². The second kappa shape index (κ2) is 6.24. The normalized spacial score (nSPS) is 12.7. The highest BCUT2D eigenvalue weighted by atomic mass is 79.9. The second-order valence-electron chi connectivity index (χ2n) is 2.85. The Morgan fingerprint density at radius 3 is 3.06 bits per heavy atom. The number of halogens is 1. The van der Waals surface area contributed by atoms with Gasteiger partial charge in [-0.25, -0.2) is 4.79 Å². The molecule has 6 nitrogen and oxygen atoms in total. The summed E-state index contributed by atoms with van der Waals surface area (Å²) in [6, 6.07) is 0. The van der Waals surface area contributed by atoms with Gasteiger partial charge in [-0.1, -0.05) is 0 Å². The Kier molecular flexibility index (Phi) is 5.26. The number of aliphatic hydroxyl groups is 1. The van der Waals surface area contributed by atoms with E-state index in [4.69, 9.17) is 15.6 Å². The van der Waals surface area contributed by atoms with Gasteiger partial charge in [-0.3, -0.25) is 4.57 Å². The number of ether oxygens (including phenoxy) is 1. The number of aromatic nitrogens is 2. The lowest BCUT2D eigenvalue weighted by atomic mass is 10.5. The average molecular weight is 310 g/mol. The molecule has 1 aromatic heterocycles. The molecule has 1 rings (SSSR count). The standard InChI is InChI=1S/C8H12BrN3O3S/c1-15-6(3-16-4-13)12-2-5(9)7(10)11-8(12)14/h2,6,13H,3-4H2,1H3,(H2,10,11,14). The minimum absolute atomic E-state index is 0.0296. The molecule has 1 atom stereocenters. The predicted octanol–water partition coefficient (Wildman–Crippen LogP) is 0.416. The number of methoxy groups -OCH3 is 1. The van der Waals surface area contributed by atoms with E-state index in [1.807, 2.05) is 0 Å². The van der Waals surface area contributed by atoms with Crippen molar-refractivity contribution in [3.8, 4) is 0 Å². The minimum atomic E-state index is -0.480. The van der Waals surface area contributed by atoms with Crippen LogP contribution < -0.4 is 11.4 Å². The Morgan fingerprint density at radius 2 is 2.50 bits per heavy atom. The molecule has 3 N–H and O–H groups in total. The molecular weight excluding hydrogens is 298 g/mol. The number of nitrogens with zero attached hydrogens (tertiary/aromatic N) is 2. The molecule has 8 heteroatoms. The summed E-state index contributed by atoms with van der Waals surface area (Å²) in [6.07, 6.45) is 1.05. The summed E-state index contributed by atoms with van der Waals surface area (Å²) >= 11 is 4.44. The van der Waals surface area contributed by atoms with Gasteiger partial charge in [-0.05, 0) is 15.9 Å². The van der Waals surface area contributed by atoms with Crippen LogP contribution in [0.5, 0.6) is 0 Å². The monoisotopic (exact) mass is 309 g/mol. The van der Waals surface area contributed by atoms with Gasteiger partial charge in [0.1, 0.15) is 12.0 Å². The fourth-order valence-electron chi connectivity index (χ4n) is 1.08. The first-order valence-electron chi connectivity index (χ1n) is 4.35. The molecule has 1 heterocycles. The van der Waals surface area contributed by atoms with Gasteiger partial charge in [0.2, 0.25) is 0 Å². The van der Waals surface area contributed by atoms with Gasteiger partial charge >= 0.3 is 5.69 Å². The van der Waals surface area contributed by atoms with Crippen molar-refractivity contribution in [2.24, 2.45) is 0 Å². The number of thioether (sulfide) groups is 1. The zero-order valence-corrected chi connectivity index (χ0v) is 11.0. The quantitative estimate of drug-likeness (QED) is 0.766. The van der Waals surface area contributed by atoms with E-state index in [1.165, 1.54) is 29.6 Å². The largest absolute Gasteiger partial charge is 0.386 e. The molecule has 1 unspecified atom stereocenters. The predicted molar refractivity (Wildman–Crippen MR) is 66.2 cm³/mol. The van der Waals surface area contributed by atoms with Crippen LogP contribution in [0.25, 0.3) is 0 Å². The average Bonchev–Trinajstić information content (AvgIpc) is 2.26. The van der Waals surface area contributed by atoms with Crippen molar-refractivity contribution in [2.45, 2.75) is 6.23 Å². The number of hydrogen-bond acceptors (Lipinski definition) is 6. The van der Waals surface area contributed by atoms with Crippen LogP contribution in [0.15, 0.2) is 15.5 Å². The molecule has 90 valence electrons. The Bertz CT molecular complexity index is 412. The molecule has 0 aromatic carbocycles. The molecule has 0 aliphatic carbocycles. The van der Waals surface area contributed by atoms with Gasteiger partial charge < -0.3 is 15.6 Å². The van der Waals surface area contributed by atoms with E-state index >= 15 is 0 Å². The van der Waals surface area contributed by atoms with Crippen LogP contribution in [-0.2, 0) is 4.74 Å². The fourth-order valence-corrected chi connectivity index (χ4v) is 1.99. The summed E-state index contributed by atoms with van der Waals surface area (Å²) in [5.74, 6) is 0.564. The Morgan fingerprint density at radius 1 is 1.81 bits per heavy atom. The molecule has 0 aliphatic rings. The molecule has 0 bridgehead atoms. The third-order valence-corrected chi connectivity index (χ3v) is 3.18. The van der Waals surface area contributed by atoms with Crippen molar-refractivity contribution in [1.29, 1.82) is 0 Å². The van der Waals surface area contributed by atoms with E-state index < -0.39 is 11.9 Å². The summed E-state index contributed by atoms with van der Waals surface area (Å²) < 4.78 is 7.00. The van der Waals surface area contributed by atoms with Crippen LogP contribution in [0.1, 0.15) is 6.23 Å². The van der Waals surface area contributed by atoms with E-state index in [-0.39, 0.29) is 11.8 Å². The number of hydrogen-bond donors (Lipinski definition) is 2. The van der Waals surface area contributed by atoms with E-state index in [9.17, 15) is 4.79 Å². The lowest BCUT2D eigenvalue weighted by molar-refractivity contribution is 0.0602. The smallest absolute Gasteiger partial charge is 0.351 e. The maximum Gasteiger partial charge on any atom is 0.351 e. The first-order valence-corrected chi connectivity index (χ1v) is 6.30. The Balaban J connectivity index is 3.00. The van der Waals surface area contributed by atoms with Gasteiger partial charge in [0.05, 0.1) is 10.4 Å². The van der Waals surface area contributed by atoms with Gasteiger partial charge in [0, 0.05) is 19.1 Å². The maximum absolute atomic E-state index is 11.6. The number of aliphatic hydroxyl groups excluding tert-OH is 1. The molecule has 0 saturated heterocycles. The van der Waals surface area contributed by atoms with Crippen LogP contribution in [0.2, 0.25) is 0 Å². The SMILES string of the molecule is COC(CSCO)n1cc(Br)c(N)nc1=O. The molecule has 0 fully saturated rings.